The zero-order valence-electron chi connectivity index (χ0n) is 8.68. The van der Waals surface area contributed by atoms with E-state index >= 15 is 0 Å². The van der Waals surface area contributed by atoms with Gasteiger partial charge in [-0.3, -0.25) is 4.79 Å². The molecule has 4 nitrogen and oxygen atoms in total. The summed E-state index contributed by atoms with van der Waals surface area (Å²) in [4.78, 5) is 12.2. The molecule has 6 heteroatoms. The van der Waals surface area contributed by atoms with Gasteiger partial charge in [0, 0.05) is 6.54 Å². The lowest BCUT2D eigenvalue weighted by Crippen LogP contribution is -2.29. The minimum absolute atomic E-state index is 0.0777. The monoisotopic (exact) mass is 259 g/mol. The summed E-state index contributed by atoms with van der Waals surface area (Å²) in [7, 11) is -2.85. The molecule has 0 aromatic carbocycles. The third-order valence-electron chi connectivity index (χ3n) is 2.62. The molecular weight excluding hydrogens is 246 g/mol. The molecule has 1 N–H and O–H groups in total. The second-order valence-corrected chi connectivity index (χ2v) is 7.13. The van der Waals surface area contributed by atoms with Crippen molar-refractivity contribution >= 4 is 27.1 Å². The Kier molecular flexibility index (Phi) is 3.30. The number of sulfone groups is 1. The van der Waals surface area contributed by atoms with Crippen LogP contribution in [0.3, 0.4) is 0 Å². The predicted octanol–water partition coefficient (Wildman–Crippen LogP) is 0.913. The molecule has 1 unspecified atom stereocenters. The average Bonchev–Trinajstić information content (AvgIpc) is 2.83. The zero-order valence-corrected chi connectivity index (χ0v) is 10.3. The van der Waals surface area contributed by atoms with Crippen molar-refractivity contribution in [2.45, 2.75) is 6.42 Å². The summed E-state index contributed by atoms with van der Waals surface area (Å²) in [6.45, 7) is 0.454. The van der Waals surface area contributed by atoms with Gasteiger partial charge in [-0.1, -0.05) is 6.07 Å². The van der Waals surface area contributed by atoms with Gasteiger partial charge in [-0.15, -0.1) is 11.3 Å². The first-order valence-electron chi connectivity index (χ1n) is 5.09. The molecule has 1 aromatic rings. The van der Waals surface area contributed by atoms with Crippen molar-refractivity contribution in [3.05, 3.63) is 22.4 Å². The summed E-state index contributed by atoms with van der Waals surface area (Å²) in [6.07, 6.45) is 0.660. The smallest absolute Gasteiger partial charge is 0.261 e. The molecule has 1 aliphatic rings. The molecule has 1 amide bonds. The molecular formula is C10H13NO3S2. The number of nitrogens with one attached hydrogen (secondary N) is 1. The molecule has 1 fully saturated rings. The van der Waals surface area contributed by atoms with Crippen molar-refractivity contribution in [1.29, 1.82) is 0 Å². The molecule has 0 radical (unpaired) electrons. The molecule has 0 bridgehead atoms. The average molecular weight is 259 g/mol. The van der Waals surface area contributed by atoms with Crippen molar-refractivity contribution in [3.63, 3.8) is 0 Å². The van der Waals surface area contributed by atoms with Gasteiger partial charge >= 0.3 is 0 Å². The van der Waals surface area contributed by atoms with Crippen LogP contribution in [-0.2, 0) is 9.84 Å². The molecule has 0 aliphatic carbocycles. The molecule has 1 saturated heterocycles. The van der Waals surface area contributed by atoms with Gasteiger partial charge in [-0.25, -0.2) is 8.42 Å². The first-order valence-corrected chi connectivity index (χ1v) is 7.79. The fourth-order valence-electron chi connectivity index (χ4n) is 1.76. The molecule has 16 heavy (non-hydrogen) atoms. The molecule has 0 spiro atoms. The van der Waals surface area contributed by atoms with Gasteiger partial charge < -0.3 is 5.32 Å². The minimum Gasteiger partial charge on any atom is -0.351 e. The summed E-state index contributed by atoms with van der Waals surface area (Å²) < 4.78 is 22.4. The van der Waals surface area contributed by atoms with Crippen molar-refractivity contribution < 1.29 is 13.2 Å². The van der Waals surface area contributed by atoms with Gasteiger partial charge in [0.1, 0.15) is 0 Å². The maximum atomic E-state index is 11.6. The van der Waals surface area contributed by atoms with Crippen LogP contribution in [0.4, 0.5) is 0 Å². The Labute approximate surface area is 98.6 Å². The van der Waals surface area contributed by atoms with E-state index in [1.165, 1.54) is 11.3 Å². The Hall–Kier alpha value is -0.880. The van der Waals surface area contributed by atoms with Crippen LogP contribution in [0.2, 0.25) is 0 Å². The van der Waals surface area contributed by atoms with E-state index in [0.717, 1.165) is 0 Å². The van der Waals surface area contributed by atoms with Gasteiger partial charge in [0.05, 0.1) is 16.4 Å². The fraction of sp³-hybridized carbons (Fsp3) is 0.500. The summed E-state index contributed by atoms with van der Waals surface area (Å²) in [5, 5.41) is 4.61. The Morgan fingerprint density at radius 3 is 2.94 bits per heavy atom. The maximum Gasteiger partial charge on any atom is 0.261 e. The number of hydrogen-bond donors (Lipinski definition) is 1. The molecule has 2 rings (SSSR count). The lowest BCUT2D eigenvalue weighted by Gasteiger charge is -2.08. The molecule has 0 saturated carbocycles. The number of thiophene rings is 1. The lowest BCUT2D eigenvalue weighted by atomic mass is 10.1. The number of carbonyl (C=O) groups is 1. The second-order valence-electron chi connectivity index (χ2n) is 3.96. The van der Waals surface area contributed by atoms with Crippen LogP contribution in [0.1, 0.15) is 16.1 Å². The maximum absolute atomic E-state index is 11.6. The summed E-state index contributed by atoms with van der Waals surface area (Å²) >= 11 is 1.38. The molecule has 88 valence electrons. The Morgan fingerprint density at radius 2 is 2.38 bits per heavy atom. The van der Waals surface area contributed by atoms with E-state index in [9.17, 15) is 13.2 Å². The van der Waals surface area contributed by atoms with E-state index in [1.54, 1.807) is 6.07 Å². The number of hydrogen-bond acceptors (Lipinski definition) is 4. The van der Waals surface area contributed by atoms with E-state index in [2.05, 4.69) is 5.32 Å². The van der Waals surface area contributed by atoms with Crippen molar-refractivity contribution in [2.75, 3.05) is 18.1 Å². The number of rotatable bonds is 3. The van der Waals surface area contributed by atoms with E-state index in [4.69, 9.17) is 0 Å². The standard InChI is InChI=1S/C10H13NO3S2/c12-10(9-2-1-4-15-9)11-6-8-3-5-16(13,14)7-8/h1-2,4,8H,3,5-7H2,(H,11,12). The molecule has 1 aromatic heterocycles. The third kappa shape index (κ3) is 2.82. The normalized spacial score (nSPS) is 23.1. The summed E-state index contributed by atoms with van der Waals surface area (Å²) in [5.74, 6) is 0.428. The largest absolute Gasteiger partial charge is 0.351 e. The Morgan fingerprint density at radius 1 is 1.56 bits per heavy atom. The van der Waals surface area contributed by atoms with Crippen molar-refractivity contribution in [1.82, 2.24) is 5.32 Å². The number of amides is 1. The summed E-state index contributed by atoms with van der Waals surface area (Å²) in [6, 6.07) is 3.57. The third-order valence-corrected chi connectivity index (χ3v) is 5.33. The van der Waals surface area contributed by atoms with E-state index in [1.807, 2.05) is 11.4 Å². The Bertz CT molecular complexity index is 464. The minimum atomic E-state index is -2.85. The fourth-order valence-corrected chi connectivity index (χ4v) is 4.27. The topological polar surface area (TPSA) is 63.2 Å². The highest BCUT2D eigenvalue weighted by molar-refractivity contribution is 7.91. The van der Waals surface area contributed by atoms with Crippen LogP contribution < -0.4 is 5.32 Å². The first kappa shape index (κ1) is 11.6. The van der Waals surface area contributed by atoms with E-state index in [-0.39, 0.29) is 23.3 Å². The van der Waals surface area contributed by atoms with E-state index < -0.39 is 9.84 Å². The van der Waals surface area contributed by atoms with Crippen molar-refractivity contribution in [3.8, 4) is 0 Å². The predicted molar refractivity (Wildman–Crippen MR) is 63.4 cm³/mol. The van der Waals surface area contributed by atoms with Crippen molar-refractivity contribution in [2.24, 2.45) is 5.92 Å². The van der Waals surface area contributed by atoms with Crippen LogP contribution in [0, 0.1) is 5.92 Å². The highest BCUT2D eigenvalue weighted by Gasteiger charge is 2.27. The summed E-state index contributed by atoms with van der Waals surface area (Å²) in [5.41, 5.74) is 0. The van der Waals surface area contributed by atoms with Crippen LogP contribution >= 0.6 is 11.3 Å². The highest BCUT2D eigenvalue weighted by atomic mass is 32.2. The number of carbonyl (C=O) groups excluding carboxylic acids is 1. The zero-order chi connectivity index (χ0) is 11.6. The van der Waals surface area contributed by atoms with Gasteiger partial charge in [-0.05, 0) is 23.8 Å². The van der Waals surface area contributed by atoms with Crippen LogP contribution in [0.25, 0.3) is 0 Å². The highest BCUT2D eigenvalue weighted by Crippen LogP contribution is 2.17. The van der Waals surface area contributed by atoms with Crippen LogP contribution in [0.5, 0.6) is 0 Å². The quantitative estimate of drug-likeness (QED) is 0.877. The first-order chi connectivity index (χ1) is 7.57. The lowest BCUT2D eigenvalue weighted by molar-refractivity contribution is 0.0952. The van der Waals surface area contributed by atoms with Crippen LogP contribution in [-0.4, -0.2) is 32.4 Å². The van der Waals surface area contributed by atoms with Crippen LogP contribution in [0.15, 0.2) is 17.5 Å². The molecule has 1 aliphatic heterocycles. The van der Waals surface area contributed by atoms with Gasteiger partial charge in [0.15, 0.2) is 9.84 Å². The Balaban J connectivity index is 1.83. The van der Waals surface area contributed by atoms with Gasteiger partial charge in [-0.2, -0.15) is 0 Å². The SMILES string of the molecule is O=C(NCC1CCS(=O)(=O)C1)c1cccs1. The molecule has 1 atom stereocenters. The van der Waals surface area contributed by atoms with Gasteiger partial charge in [0.25, 0.3) is 5.91 Å². The van der Waals surface area contributed by atoms with Gasteiger partial charge in [0.2, 0.25) is 0 Å². The van der Waals surface area contributed by atoms with E-state index in [0.29, 0.717) is 17.8 Å². The second kappa shape index (κ2) is 4.55. The molecule has 2 heterocycles.